The van der Waals surface area contributed by atoms with Crippen LogP contribution in [0, 0.1) is 24.4 Å². The molecule has 0 fully saturated rings. The predicted octanol–water partition coefficient (Wildman–Crippen LogP) is 10.3. The van der Waals surface area contributed by atoms with E-state index in [-0.39, 0.29) is 17.5 Å². The third-order valence-electron chi connectivity index (χ3n) is 7.57. The second kappa shape index (κ2) is 8.46. The molecule has 0 saturated carbocycles. The van der Waals surface area contributed by atoms with E-state index in [1.54, 1.807) is 24.3 Å². The van der Waals surface area contributed by atoms with Gasteiger partial charge in [0.25, 0.3) is 0 Å². The summed E-state index contributed by atoms with van der Waals surface area (Å²) in [5.41, 5.74) is 6.89. The smallest absolute Gasteiger partial charge is 0.123 e. The number of benzene rings is 7. The lowest BCUT2D eigenvalue weighted by molar-refractivity contribution is 0.627. The highest BCUT2D eigenvalue weighted by molar-refractivity contribution is 6.30. The van der Waals surface area contributed by atoms with Crippen molar-refractivity contribution in [3.8, 4) is 33.4 Å². The Kier molecular flexibility index (Phi) is 5.02. The predicted molar refractivity (Wildman–Crippen MR) is 151 cm³/mol. The zero-order valence-corrected chi connectivity index (χ0v) is 20.5. The molecule has 7 aromatic carbocycles. The van der Waals surface area contributed by atoms with Crippen molar-refractivity contribution in [1.29, 1.82) is 0 Å². The van der Waals surface area contributed by atoms with Gasteiger partial charge in [-0.2, -0.15) is 0 Å². The van der Waals surface area contributed by atoms with Crippen LogP contribution in [0.25, 0.3) is 65.7 Å². The summed E-state index contributed by atoms with van der Waals surface area (Å²) in [5.74, 6) is -0.842. The standard InChI is InChI=1S/C35H21F3/c1-20-18-31(21-2-8-24(36)9-3-21)28-16-17-30-33(23-6-12-26(38)13-7-23)19-32(22-4-10-25(37)11-5-22)29-15-14-27(20)34(28)35(29)30/h2-19H,1H3. The minimum absolute atomic E-state index is 0.268. The number of halogens is 3. The summed E-state index contributed by atoms with van der Waals surface area (Å²) in [7, 11) is 0. The van der Waals surface area contributed by atoms with Crippen molar-refractivity contribution >= 4 is 32.3 Å². The molecule has 0 heterocycles. The van der Waals surface area contributed by atoms with Crippen LogP contribution in [0.3, 0.4) is 0 Å². The zero-order valence-electron chi connectivity index (χ0n) is 20.5. The van der Waals surface area contributed by atoms with Gasteiger partial charge in [-0.25, -0.2) is 13.2 Å². The lowest BCUT2D eigenvalue weighted by Gasteiger charge is -2.20. The summed E-state index contributed by atoms with van der Waals surface area (Å²) in [6.45, 7) is 2.10. The molecule has 0 atom stereocenters. The average Bonchev–Trinajstić information content (AvgIpc) is 2.94. The first kappa shape index (κ1) is 22.6. The molecule has 182 valence electrons. The Labute approximate surface area is 217 Å². The van der Waals surface area contributed by atoms with Crippen molar-refractivity contribution in [1.82, 2.24) is 0 Å². The van der Waals surface area contributed by atoms with E-state index in [0.29, 0.717) is 0 Å². The molecular weight excluding hydrogens is 477 g/mol. The molecule has 0 bridgehead atoms. The fourth-order valence-electron chi connectivity index (χ4n) is 5.77. The normalized spacial score (nSPS) is 11.7. The summed E-state index contributed by atoms with van der Waals surface area (Å²) in [6, 6.07) is 32.5. The number of rotatable bonds is 3. The van der Waals surface area contributed by atoms with E-state index in [4.69, 9.17) is 0 Å². The molecule has 0 nitrogen and oxygen atoms in total. The SMILES string of the molecule is Cc1cc(-c2ccc(F)cc2)c2ccc3c(-c4ccc(F)cc4)cc(-c4ccc(F)cc4)c4ccc1c2c43. The molecule has 0 unspecified atom stereocenters. The lowest BCUT2D eigenvalue weighted by Crippen LogP contribution is -1.94. The van der Waals surface area contributed by atoms with E-state index in [2.05, 4.69) is 43.3 Å². The molecule has 0 radical (unpaired) electrons. The van der Waals surface area contributed by atoms with Gasteiger partial charge in [-0.05, 0) is 121 Å². The molecule has 7 rings (SSSR count). The van der Waals surface area contributed by atoms with Gasteiger partial charge < -0.3 is 0 Å². The first-order valence-corrected chi connectivity index (χ1v) is 12.5. The minimum Gasteiger partial charge on any atom is -0.207 e. The average molecular weight is 499 g/mol. The third kappa shape index (κ3) is 3.47. The molecule has 0 saturated heterocycles. The van der Waals surface area contributed by atoms with Gasteiger partial charge in [-0.3, -0.25) is 0 Å². The molecule has 38 heavy (non-hydrogen) atoms. The first-order valence-electron chi connectivity index (χ1n) is 12.5. The van der Waals surface area contributed by atoms with E-state index in [1.165, 1.54) is 36.4 Å². The Morgan fingerprint density at radius 2 is 0.684 bits per heavy atom. The van der Waals surface area contributed by atoms with Crippen LogP contribution in [0.4, 0.5) is 13.2 Å². The quantitative estimate of drug-likeness (QED) is 0.213. The molecular formula is C35H21F3. The second-order valence-corrected chi connectivity index (χ2v) is 9.80. The first-order chi connectivity index (χ1) is 18.5. The van der Waals surface area contributed by atoms with Crippen molar-refractivity contribution in [3.05, 3.63) is 132 Å². The van der Waals surface area contributed by atoms with Crippen LogP contribution in [0.1, 0.15) is 5.56 Å². The second-order valence-electron chi connectivity index (χ2n) is 9.80. The van der Waals surface area contributed by atoms with Gasteiger partial charge in [0, 0.05) is 0 Å². The van der Waals surface area contributed by atoms with Crippen molar-refractivity contribution in [2.24, 2.45) is 0 Å². The van der Waals surface area contributed by atoms with Crippen LogP contribution in [0.15, 0.2) is 109 Å². The highest BCUT2D eigenvalue weighted by atomic mass is 19.1. The number of aryl methyl sites for hydroxylation is 1. The van der Waals surface area contributed by atoms with Crippen LogP contribution in [-0.2, 0) is 0 Å². The van der Waals surface area contributed by atoms with Crippen molar-refractivity contribution in [2.75, 3.05) is 0 Å². The van der Waals surface area contributed by atoms with E-state index in [9.17, 15) is 13.2 Å². The minimum atomic E-state index is -0.287. The molecule has 0 amide bonds. The van der Waals surface area contributed by atoms with Crippen LogP contribution >= 0.6 is 0 Å². The van der Waals surface area contributed by atoms with Crippen molar-refractivity contribution < 1.29 is 13.2 Å². The van der Waals surface area contributed by atoms with Gasteiger partial charge in [0.05, 0.1) is 0 Å². The molecule has 0 aliphatic carbocycles. The maximum absolute atomic E-state index is 13.8. The van der Waals surface area contributed by atoms with E-state index >= 15 is 0 Å². The van der Waals surface area contributed by atoms with Crippen LogP contribution in [-0.4, -0.2) is 0 Å². The Hall–Kier alpha value is -4.63. The van der Waals surface area contributed by atoms with Gasteiger partial charge in [0.1, 0.15) is 17.5 Å². The zero-order chi connectivity index (χ0) is 26.0. The Balaban J connectivity index is 1.65. The molecule has 7 aromatic rings. The summed E-state index contributed by atoms with van der Waals surface area (Å²) in [4.78, 5) is 0. The molecule has 0 aromatic heterocycles. The molecule has 3 heteroatoms. The van der Waals surface area contributed by atoms with E-state index in [1.807, 2.05) is 12.1 Å². The lowest BCUT2D eigenvalue weighted by atomic mass is 9.83. The summed E-state index contributed by atoms with van der Waals surface area (Å²) >= 11 is 0. The van der Waals surface area contributed by atoms with Crippen LogP contribution in [0.5, 0.6) is 0 Å². The van der Waals surface area contributed by atoms with E-state index in [0.717, 1.165) is 71.3 Å². The summed E-state index contributed by atoms with van der Waals surface area (Å²) in [5, 5.41) is 6.58. The van der Waals surface area contributed by atoms with Crippen LogP contribution in [0.2, 0.25) is 0 Å². The maximum Gasteiger partial charge on any atom is 0.123 e. The fraction of sp³-hybridized carbons (Fsp3) is 0.0286. The highest BCUT2D eigenvalue weighted by Crippen LogP contribution is 2.46. The third-order valence-corrected chi connectivity index (χ3v) is 7.57. The van der Waals surface area contributed by atoms with Gasteiger partial charge in [0.15, 0.2) is 0 Å². The van der Waals surface area contributed by atoms with E-state index < -0.39 is 0 Å². The van der Waals surface area contributed by atoms with Crippen LogP contribution < -0.4 is 0 Å². The summed E-state index contributed by atoms with van der Waals surface area (Å²) < 4.78 is 41.4. The summed E-state index contributed by atoms with van der Waals surface area (Å²) in [6.07, 6.45) is 0. The Morgan fingerprint density at radius 1 is 0.368 bits per heavy atom. The topological polar surface area (TPSA) is 0 Å². The molecule has 0 N–H and O–H groups in total. The van der Waals surface area contributed by atoms with Gasteiger partial charge in [-0.1, -0.05) is 66.7 Å². The number of hydrogen-bond donors (Lipinski definition) is 0. The van der Waals surface area contributed by atoms with Gasteiger partial charge in [0.2, 0.25) is 0 Å². The Bertz CT molecular complexity index is 1900. The fourth-order valence-corrected chi connectivity index (χ4v) is 5.77. The van der Waals surface area contributed by atoms with Gasteiger partial charge >= 0.3 is 0 Å². The number of hydrogen-bond acceptors (Lipinski definition) is 0. The Morgan fingerprint density at radius 3 is 1.08 bits per heavy atom. The monoisotopic (exact) mass is 498 g/mol. The van der Waals surface area contributed by atoms with Gasteiger partial charge in [-0.15, -0.1) is 0 Å². The highest BCUT2D eigenvalue weighted by Gasteiger charge is 2.19. The molecule has 0 aliphatic heterocycles. The molecule has 0 spiro atoms. The largest absolute Gasteiger partial charge is 0.207 e. The van der Waals surface area contributed by atoms with Crippen molar-refractivity contribution in [2.45, 2.75) is 6.92 Å². The maximum atomic E-state index is 13.8. The molecule has 0 aliphatic rings. The van der Waals surface area contributed by atoms with Crippen molar-refractivity contribution in [3.63, 3.8) is 0 Å².